The number of rotatable bonds is 6. The number of aliphatic hydroxyl groups excluding tert-OH is 1. The molecule has 0 radical (unpaired) electrons. The number of hydrogen-bond acceptors (Lipinski definition) is 6. The monoisotopic (exact) mass is 284 g/mol. The van der Waals surface area contributed by atoms with Crippen LogP contribution in [-0.2, 0) is 0 Å². The Bertz CT molecular complexity index is 502. The predicted octanol–water partition coefficient (Wildman–Crippen LogP) is 1.63. The summed E-state index contributed by atoms with van der Waals surface area (Å²) in [6.07, 6.45) is 0. The summed E-state index contributed by atoms with van der Waals surface area (Å²) in [4.78, 5) is 10.7. The first kappa shape index (κ1) is 16.2. The zero-order valence-electron chi connectivity index (χ0n) is 12.0. The molecule has 3 N–H and O–H groups in total. The van der Waals surface area contributed by atoms with Gasteiger partial charge in [-0.1, -0.05) is 13.8 Å². The van der Waals surface area contributed by atoms with Gasteiger partial charge in [-0.2, -0.15) is 0 Å². The number of nitro groups is 1. The molecule has 20 heavy (non-hydrogen) atoms. The first-order valence-electron chi connectivity index (χ1n) is 6.05. The van der Waals surface area contributed by atoms with Gasteiger partial charge in [0.2, 0.25) is 0 Å². The molecule has 0 spiro atoms. The van der Waals surface area contributed by atoms with E-state index >= 15 is 0 Å². The summed E-state index contributed by atoms with van der Waals surface area (Å²) in [7, 11) is 2.84. The molecule has 7 heteroatoms. The Morgan fingerprint density at radius 3 is 2.25 bits per heavy atom. The van der Waals surface area contributed by atoms with Crippen LogP contribution in [0.3, 0.4) is 0 Å². The summed E-state index contributed by atoms with van der Waals surface area (Å²) in [5.74, 6) is 0.620. The maximum absolute atomic E-state index is 11.2. The van der Waals surface area contributed by atoms with E-state index in [1.165, 1.54) is 26.4 Å². The van der Waals surface area contributed by atoms with E-state index in [1.807, 2.05) is 0 Å². The van der Waals surface area contributed by atoms with Crippen molar-refractivity contribution in [2.24, 2.45) is 11.1 Å². The fourth-order valence-corrected chi connectivity index (χ4v) is 1.81. The number of ether oxygens (including phenoxy) is 2. The average molecular weight is 284 g/mol. The minimum absolute atomic E-state index is 0.156. The number of nitro benzene ring substituents is 1. The molecule has 0 heterocycles. The highest BCUT2D eigenvalue weighted by Crippen LogP contribution is 2.41. The normalized spacial score (nSPS) is 12.9. The third-order valence-corrected chi connectivity index (χ3v) is 3.31. The molecule has 0 aliphatic rings. The molecular weight excluding hydrogens is 264 g/mol. The molecule has 0 aliphatic heterocycles. The second kappa shape index (κ2) is 6.06. The van der Waals surface area contributed by atoms with Crippen molar-refractivity contribution in [2.45, 2.75) is 19.9 Å². The summed E-state index contributed by atoms with van der Waals surface area (Å²) < 4.78 is 10.2. The molecule has 0 saturated carbocycles. The van der Waals surface area contributed by atoms with Gasteiger partial charge in [-0.3, -0.25) is 10.1 Å². The van der Waals surface area contributed by atoms with Gasteiger partial charge in [0.15, 0.2) is 11.5 Å². The number of aliphatic hydroxyl groups is 1. The van der Waals surface area contributed by atoms with E-state index < -0.39 is 16.4 Å². The van der Waals surface area contributed by atoms with Gasteiger partial charge in [0.25, 0.3) is 5.69 Å². The second-order valence-electron chi connectivity index (χ2n) is 5.15. The van der Waals surface area contributed by atoms with Crippen molar-refractivity contribution in [3.8, 4) is 11.5 Å². The standard InChI is InChI=1S/C13H20N2O5/c1-13(2,7-16)12(14)8-5-10(19-3)11(20-4)6-9(8)15(17)18/h5-6,12,16H,7,14H2,1-4H3/t12-/m1/s1. The third kappa shape index (κ3) is 3.00. The first-order chi connectivity index (χ1) is 9.28. The van der Waals surface area contributed by atoms with Gasteiger partial charge in [0, 0.05) is 18.1 Å². The molecule has 1 aromatic rings. The Hall–Kier alpha value is -1.86. The van der Waals surface area contributed by atoms with Crippen molar-refractivity contribution in [3.63, 3.8) is 0 Å². The Labute approximate surface area is 117 Å². The summed E-state index contributed by atoms with van der Waals surface area (Å²) >= 11 is 0. The largest absolute Gasteiger partial charge is 0.493 e. The van der Waals surface area contributed by atoms with Crippen LogP contribution in [0.2, 0.25) is 0 Å². The van der Waals surface area contributed by atoms with Crippen molar-refractivity contribution >= 4 is 5.69 Å². The summed E-state index contributed by atoms with van der Waals surface area (Å²) in [5.41, 5.74) is 5.51. The van der Waals surface area contributed by atoms with Crippen molar-refractivity contribution in [1.29, 1.82) is 0 Å². The molecule has 0 fully saturated rings. The highest BCUT2D eigenvalue weighted by molar-refractivity contribution is 5.55. The third-order valence-electron chi connectivity index (χ3n) is 3.31. The van der Waals surface area contributed by atoms with E-state index in [0.29, 0.717) is 11.3 Å². The van der Waals surface area contributed by atoms with Gasteiger partial charge in [-0.15, -0.1) is 0 Å². The van der Waals surface area contributed by atoms with Crippen LogP contribution in [0.25, 0.3) is 0 Å². The van der Waals surface area contributed by atoms with Crippen LogP contribution in [0.15, 0.2) is 12.1 Å². The fourth-order valence-electron chi connectivity index (χ4n) is 1.81. The maximum Gasteiger partial charge on any atom is 0.278 e. The summed E-state index contributed by atoms with van der Waals surface area (Å²) in [5, 5.41) is 20.6. The van der Waals surface area contributed by atoms with E-state index in [4.69, 9.17) is 15.2 Å². The molecule has 112 valence electrons. The molecule has 1 atom stereocenters. The molecule has 0 unspecified atom stereocenters. The Balaban J connectivity index is 3.47. The Morgan fingerprint density at radius 1 is 1.35 bits per heavy atom. The van der Waals surface area contributed by atoms with Gasteiger partial charge in [-0.05, 0) is 6.07 Å². The lowest BCUT2D eigenvalue weighted by Gasteiger charge is -2.29. The van der Waals surface area contributed by atoms with Crippen molar-refractivity contribution < 1.29 is 19.5 Å². The van der Waals surface area contributed by atoms with Crippen LogP contribution in [0.1, 0.15) is 25.5 Å². The van der Waals surface area contributed by atoms with E-state index in [-0.39, 0.29) is 18.0 Å². The molecule has 0 aliphatic carbocycles. The SMILES string of the molecule is COc1cc([C@@H](N)C(C)(C)CO)c([N+](=O)[O-])cc1OC. The minimum Gasteiger partial charge on any atom is -0.493 e. The quantitative estimate of drug-likeness (QED) is 0.607. The van der Waals surface area contributed by atoms with Gasteiger partial charge < -0.3 is 20.3 Å². The zero-order valence-corrected chi connectivity index (χ0v) is 12.0. The minimum atomic E-state index is -0.715. The molecule has 0 aromatic heterocycles. The highest BCUT2D eigenvalue weighted by Gasteiger charge is 2.33. The highest BCUT2D eigenvalue weighted by atomic mass is 16.6. The average Bonchev–Trinajstić information content (AvgIpc) is 2.44. The van der Waals surface area contributed by atoms with Gasteiger partial charge in [-0.25, -0.2) is 0 Å². The lowest BCUT2D eigenvalue weighted by Crippen LogP contribution is -2.32. The Kier molecular flexibility index (Phi) is 4.91. The van der Waals surface area contributed by atoms with Crippen LogP contribution < -0.4 is 15.2 Å². The maximum atomic E-state index is 11.2. The van der Waals surface area contributed by atoms with Crippen LogP contribution in [0.5, 0.6) is 11.5 Å². The topological polar surface area (TPSA) is 108 Å². The van der Waals surface area contributed by atoms with Gasteiger partial charge in [0.1, 0.15) is 0 Å². The fraction of sp³-hybridized carbons (Fsp3) is 0.538. The molecular formula is C13H20N2O5. The van der Waals surface area contributed by atoms with Crippen LogP contribution in [0.4, 0.5) is 5.69 Å². The molecule has 1 rings (SSSR count). The van der Waals surface area contributed by atoms with Crippen molar-refractivity contribution in [2.75, 3.05) is 20.8 Å². The van der Waals surface area contributed by atoms with Crippen LogP contribution in [-0.4, -0.2) is 30.9 Å². The van der Waals surface area contributed by atoms with Gasteiger partial charge in [0.05, 0.1) is 30.8 Å². The van der Waals surface area contributed by atoms with Crippen molar-refractivity contribution in [1.82, 2.24) is 0 Å². The molecule has 7 nitrogen and oxygen atoms in total. The van der Waals surface area contributed by atoms with E-state index in [1.54, 1.807) is 13.8 Å². The first-order valence-corrected chi connectivity index (χ1v) is 6.05. The van der Waals surface area contributed by atoms with Crippen LogP contribution >= 0.6 is 0 Å². The van der Waals surface area contributed by atoms with E-state index in [0.717, 1.165) is 0 Å². The lowest BCUT2D eigenvalue weighted by atomic mass is 9.81. The van der Waals surface area contributed by atoms with Crippen molar-refractivity contribution in [3.05, 3.63) is 27.8 Å². The predicted molar refractivity (Wildman–Crippen MR) is 74.0 cm³/mol. The van der Waals surface area contributed by atoms with E-state index in [9.17, 15) is 15.2 Å². The Morgan fingerprint density at radius 2 is 1.85 bits per heavy atom. The second-order valence-corrected chi connectivity index (χ2v) is 5.15. The zero-order chi connectivity index (χ0) is 15.5. The smallest absolute Gasteiger partial charge is 0.278 e. The van der Waals surface area contributed by atoms with Crippen LogP contribution in [0, 0.1) is 15.5 Å². The van der Waals surface area contributed by atoms with E-state index in [2.05, 4.69) is 0 Å². The molecule has 0 saturated heterocycles. The number of nitrogens with two attached hydrogens (primary N) is 1. The number of hydrogen-bond donors (Lipinski definition) is 2. The molecule has 0 amide bonds. The summed E-state index contributed by atoms with van der Waals surface area (Å²) in [6, 6.07) is 2.05. The number of methoxy groups -OCH3 is 2. The summed E-state index contributed by atoms with van der Waals surface area (Å²) in [6.45, 7) is 3.27. The number of nitrogens with zero attached hydrogens (tertiary/aromatic N) is 1. The molecule has 1 aromatic carbocycles. The molecule has 0 bridgehead atoms. The lowest BCUT2D eigenvalue weighted by molar-refractivity contribution is -0.386. The number of benzene rings is 1. The van der Waals surface area contributed by atoms with Gasteiger partial charge >= 0.3 is 0 Å².